The lowest BCUT2D eigenvalue weighted by atomic mass is 10.7. The Bertz CT molecular complexity index is 138. The largest absolute Gasteiger partial charge is 0.479 e. The zero-order valence-corrected chi connectivity index (χ0v) is 7.36. The van der Waals surface area contributed by atoms with E-state index in [0.29, 0.717) is 6.61 Å². The van der Waals surface area contributed by atoms with Crippen LogP contribution in [0.15, 0.2) is 0 Å². The second kappa shape index (κ2) is 7.34. The number of rotatable bonds is 3. The maximum absolute atomic E-state index is 10.2. The molecule has 0 aliphatic carbocycles. The lowest BCUT2D eigenvalue weighted by molar-refractivity contribution is -0.139. The van der Waals surface area contributed by atoms with Crippen LogP contribution in [-0.2, 0) is 14.3 Å². The summed E-state index contributed by atoms with van der Waals surface area (Å²) in [6, 6.07) is 0. The Hall–Kier alpha value is -0.770. The average Bonchev–Trinajstić information content (AvgIpc) is 1.85. The quantitative estimate of drug-likeness (QED) is 0.401. The predicted octanol–water partition coefficient (Wildman–Crippen LogP) is 0.985. The van der Waals surface area contributed by atoms with E-state index in [9.17, 15) is 4.79 Å². The van der Waals surface area contributed by atoms with Crippen LogP contribution in [0.25, 0.3) is 0 Å². The Morgan fingerprint density at radius 3 is 2.36 bits per heavy atom. The van der Waals surface area contributed by atoms with Gasteiger partial charge in [-0.05, 0) is 6.92 Å². The maximum atomic E-state index is 10.2. The van der Waals surface area contributed by atoms with Gasteiger partial charge in [0, 0.05) is 6.92 Å². The summed E-state index contributed by atoms with van der Waals surface area (Å²) in [5, 5.41) is 6.98. The second-order valence-electron chi connectivity index (χ2n) is 1.64. The summed E-state index contributed by atoms with van der Waals surface area (Å²) >= 11 is 0. The van der Waals surface area contributed by atoms with Crippen LogP contribution < -0.4 is 0 Å². The topological polar surface area (TPSA) is 59.4 Å². The summed E-state index contributed by atoms with van der Waals surface area (Å²) in [5.41, 5.74) is 0. The van der Waals surface area contributed by atoms with Gasteiger partial charge >= 0.3 is 5.97 Å². The fraction of sp³-hybridized carbons (Fsp3) is 0.667. The van der Waals surface area contributed by atoms with Gasteiger partial charge in [0.25, 0.3) is 0 Å². The molecule has 0 rings (SSSR count). The van der Waals surface area contributed by atoms with E-state index in [4.69, 9.17) is 10.1 Å². The van der Waals surface area contributed by atoms with Crippen LogP contribution in [0, 0.1) is 5.41 Å². The summed E-state index contributed by atoms with van der Waals surface area (Å²) in [6.45, 7) is 3.42. The molecule has 0 aromatic carbocycles. The summed E-state index contributed by atoms with van der Waals surface area (Å²) in [5.74, 6) is -0.415. The second-order valence-corrected chi connectivity index (χ2v) is 1.64. The highest BCUT2D eigenvalue weighted by Crippen LogP contribution is 1.81. The molecule has 0 spiro atoms. The van der Waals surface area contributed by atoms with Crippen molar-refractivity contribution in [3.05, 3.63) is 0 Å². The van der Waals surface area contributed by atoms with Crippen molar-refractivity contribution in [2.75, 3.05) is 13.2 Å². The molecule has 5 heteroatoms. The number of ether oxygens (including phenoxy) is 2. The summed E-state index contributed by atoms with van der Waals surface area (Å²) in [4.78, 5) is 10.2. The highest BCUT2D eigenvalue weighted by molar-refractivity contribution is 5.85. The molecule has 1 N–H and O–H groups in total. The molecular weight excluding hydrogens is 170 g/mol. The third kappa shape index (κ3) is 9.23. The summed E-state index contributed by atoms with van der Waals surface area (Å²) in [6.07, 6.45) is 0. The van der Waals surface area contributed by atoms with Crippen LogP contribution >= 0.6 is 12.4 Å². The third-order valence-corrected chi connectivity index (χ3v) is 0.725. The number of esters is 1. The molecule has 0 saturated heterocycles. The normalized spacial score (nSPS) is 7.82. The molecule has 0 aliphatic heterocycles. The van der Waals surface area contributed by atoms with Gasteiger partial charge in [0.05, 0.1) is 6.61 Å². The van der Waals surface area contributed by atoms with Gasteiger partial charge in [-0.2, -0.15) is 0 Å². The minimum Gasteiger partial charge on any atom is -0.479 e. The standard InChI is InChI=1S/C6H11NO3.ClH/c1-3-9-6(7)4-10-5(2)8;/h7H,3-4H2,1-2H3;1H. The predicted molar refractivity (Wildman–Crippen MR) is 43.2 cm³/mol. The smallest absolute Gasteiger partial charge is 0.303 e. The van der Waals surface area contributed by atoms with Crippen molar-refractivity contribution >= 4 is 24.3 Å². The van der Waals surface area contributed by atoms with Crippen molar-refractivity contribution in [3.63, 3.8) is 0 Å². The number of halogens is 1. The lowest BCUT2D eigenvalue weighted by Gasteiger charge is -2.03. The zero-order chi connectivity index (χ0) is 7.98. The van der Waals surface area contributed by atoms with E-state index in [1.165, 1.54) is 6.92 Å². The molecule has 11 heavy (non-hydrogen) atoms. The van der Waals surface area contributed by atoms with Crippen molar-refractivity contribution < 1.29 is 14.3 Å². The van der Waals surface area contributed by atoms with E-state index in [-0.39, 0.29) is 24.9 Å². The van der Waals surface area contributed by atoms with Crippen molar-refractivity contribution in [1.29, 1.82) is 5.41 Å². The van der Waals surface area contributed by atoms with E-state index in [1.807, 2.05) is 0 Å². The van der Waals surface area contributed by atoms with Gasteiger partial charge in [-0.3, -0.25) is 10.2 Å². The number of hydrogen-bond acceptors (Lipinski definition) is 4. The minimum absolute atomic E-state index is 0. The van der Waals surface area contributed by atoms with E-state index in [1.54, 1.807) is 6.92 Å². The van der Waals surface area contributed by atoms with Gasteiger partial charge in [0.1, 0.15) is 0 Å². The molecule has 0 saturated carbocycles. The van der Waals surface area contributed by atoms with Gasteiger partial charge in [-0.1, -0.05) is 0 Å². The number of hydrogen-bond donors (Lipinski definition) is 1. The molecule has 66 valence electrons. The molecule has 0 aromatic heterocycles. The molecule has 0 atom stereocenters. The van der Waals surface area contributed by atoms with E-state index in [0.717, 1.165) is 0 Å². The lowest BCUT2D eigenvalue weighted by Crippen LogP contribution is -2.13. The summed E-state index contributed by atoms with van der Waals surface area (Å²) < 4.78 is 9.17. The molecule has 0 bridgehead atoms. The summed E-state index contributed by atoms with van der Waals surface area (Å²) in [7, 11) is 0. The first-order valence-corrected chi connectivity index (χ1v) is 3.00. The molecule has 0 heterocycles. The SMILES string of the molecule is CCOC(=N)COC(C)=O.Cl. The Morgan fingerprint density at radius 1 is 1.45 bits per heavy atom. The fourth-order valence-corrected chi connectivity index (χ4v) is 0.383. The Balaban J connectivity index is 0. The van der Waals surface area contributed by atoms with Crippen molar-refractivity contribution in [3.8, 4) is 0 Å². The average molecular weight is 182 g/mol. The number of carbonyl (C=O) groups is 1. The molecule has 0 aromatic rings. The molecule has 0 aliphatic rings. The van der Waals surface area contributed by atoms with E-state index in [2.05, 4.69) is 4.74 Å². The molecule has 0 fully saturated rings. The highest BCUT2D eigenvalue weighted by atomic mass is 35.5. The Labute approximate surface area is 71.8 Å². The third-order valence-electron chi connectivity index (χ3n) is 0.725. The first-order valence-electron chi connectivity index (χ1n) is 3.00. The molecule has 0 unspecified atom stereocenters. The maximum Gasteiger partial charge on any atom is 0.303 e. The fourth-order valence-electron chi connectivity index (χ4n) is 0.383. The zero-order valence-electron chi connectivity index (χ0n) is 6.55. The van der Waals surface area contributed by atoms with Crippen molar-refractivity contribution in [1.82, 2.24) is 0 Å². The number of nitrogens with one attached hydrogen (secondary N) is 1. The van der Waals surface area contributed by atoms with E-state index < -0.39 is 5.97 Å². The van der Waals surface area contributed by atoms with Crippen molar-refractivity contribution in [2.24, 2.45) is 0 Å². The van der Waals surface area contributed by atoms with E-state index >= 15 is 0 Å². The van der Waals surface area contributed by atoms with Crippen molar-refractivity contribution in [2.45, 2.75) is 13.8 Å². The first kappa shape index (κ1) is 12.9. The Kier molecular flexibility index (Phi) is 8.58. The Morgan fingerprint density at radius 2 is 2.00 bits per heavy atom. The molecular formula is C6H12ClNO3. The highest BCUT2D eigenvalue weighted by Gasteiger charge is 1.97. The van der Waals surface area contributed by atoms with Gasteiger partial charge in [-0.15, -0.1) is 12.4 Å². The van der Waals surface area contributed by atoms with Gasteiger partial charge in [0.15, 0.2) is 6.61 Å². The van der Waals surface area contributed by atoms with Gasteiger partial charge < -0.3 is 9.47 Å². The minimum atomic E-state index is -0.399. The molecule has 4 nitrogen and oxygen atoms in total. The number of carbonyl (C=O) groups excluding carboxylic acids is 1. The first-order chi connectivity index (χ1) is 4.66. The monoisotopic (exact) mass is 181 g/mol. The van der Waals surface area contributed by atoms with Gasteiger partial charge in [-0.25, -0.2) is 0 Å². The van der Waals surface area contributed by atoms with Crippen LogP contribution in [-0.4, -0.2) is 25.1 Å². The van der Waals surface area contributed by atoms with Crippen LogP contribution in [0.1, 0.15) is 13.8 Å². The van der Waals surface area contributed by atoms with Gasteiger partial charge in [0.2, 0.25) is 5.90 Å². The molecule has 0 radical (unpaired) electrons. The van der Waals surface area contributed by atoms with Crippen LogP contribution in [0.5, 0.6) is 0 Å². The van der Waals surface area contributed by atoms with Crippen LogP contribution in [0.3, 0.4) is 0 Å². The van der Waals surface area contributed by atoms with Crippen LogP contribution in [0.2, 0.25) is 0 Å². The molecule has 0 amide bonds. The van der Waals surface area contributed by atoms with Crippen LogP contribution in [0.4, 0.5) is 0 Å².